The smallest absolute Gasteiger partial charge is 0.407 e. The lowest BCUT2D eigenvalue weighted by molar-refractivity contribution is -0.139. The third kappa shape index (κ3) is 7.10. The Kier molecular flexibility index (Phi) is 7.41. The summed E-state index contributed by atoms with van der Waals surface area (Å²) >= 11 is 0. The normalized spacial score (nSPS) is 12.1. The van der Waals surface area contributed by atoms with Gasteiger partial charge in [-0.15, -0.1) is 0 Å². The molecule has 96 valence electrons. The molecule has 0 saturated heterocycles. The molecule has 1 amide bonds. The maximum absolute atomic E-state index is 10.9. The van der Waals surface area contributed by atoms with E-state index < -0.39 is 18.1 Å². The molecule has 0 aromatic heterocycles. The van der Waals surface area contributed by atoms with Gasteiger partial charge >= 0.3 is 12.1 Å². The molecular formula is C11H17NO5. The monoisotopic (exact) mass is 243 g/mol. The van der Waals surface area contributed by atoms with Crippen molar-refractivity contribution in [1.82, 2.24) is 5.32 Å². The Morgan fingerprint density at radius 1 is 1.41 bits per heavy atom. The van der Waals surface area contributed by atoms with Crippen molar-refractivity contribution in [2.75, 3.05) is 7.11 Å². The van der Waals surface area contributed by atoms with E-state index in [9.17, 15) is 14.4 Å². The fraction of sp³-hybridized carbons (Fsp3) is 0.545. The maximum Gasteiger partial charge on any atom is 0.407 e. The molecule has 0 aliphatic heterocycles. The number of methoxy groups -OCH3 is 1. The van der Waals surface area contributed by atoms with Crippen molar-refractivity contribution in [3.05, 3.63) is 12.2 Å². The first-order valence-corrected chi connectivity index (χ1v) is 5.27. The van der Waals surface area contributed by atoms with Gasteiger partial charge in [0.25, 0.3) is 0 Å². The van der Waals surface area contributed by atoms with Gasteiger partial charge in [0.15, 0.2) is 5.78 Å². The predicted molar refractivity (Wildman–Crippen MR) is 60.6 cm³/mol. The number of ketones is 1. The second kappa shape index (κ2) is 8.32. The van der Waals surface area contributed by atoms with Crippen LogP contribution in [0, 0.1) is 0 Å². The lowest BCUT2D eigenvalue weighted by Gasteiger charge is -2.11. The van der Waals surface area contributed by atoms with Crippen molar-refractivity contribution in [2.45, 2.75) is 32.2 Å². The minimum atomic E-state index is -1.13. The number of amides is 1. The SMILES string of the molecule is CCC(=O)/C=C/CC[C@H](NC(=O)OC)C(=O)O. The second-order valence-corrected chi connectivity index (χ2v) is 3.33. The number of hydrogen-bond donors (Lipinski definition) is 2. The van der Waals surface area contributed by atoms with Crippen LogP contribution < -0.4 is 5.32 Å². The Bertz CT molecular complexity index is 311. The number of nitrogens with one attached hydrogen (secondary N) is 1. The van der Waals surface area contributed by atoms with Gasteiger partial charge in [-0.1, -0.05) is 13.0 Å². The van der Waals surface area contributed by atoms with E-state index in [2.05, 4.69) is 10.1 Å². The van der Waals surface area contributed by atoms with Gasteiger partial charge in [0.05, 0.1) is 7.11 Å². The summed E-state index contributed by atoms with van der Waals surface area (Å²) in [6.45, 7) is 1.74. The number of aliphatic carboxylic acids is 1. The van der Waals surface area contributed by atoms with E-state index in [1.54, 1.807) is 13.0 Å². The Morgan fingerprint density at radius 2 is 2.06 bits per heavy atom. The summed E-state index contributed by atoms with van der Waals surface area (Å²) in [6.07, 6.45) is 3.24. The van der Waals surface area contributed by atoms with Crippen molar-refractivity contribution in [3.63, 3.8) is 0 Å². The zero-order chi connectivity index (χ0) is 13.3. The molecule has 0 fully saturated rings. The zero-order valence-corrected chi connectivity index (χ0v) is 9.93. The van der Waals surface area contributed by atoms with Crippen molar-refractivity contribution in [1.29, 1.82) is 0 Å². The first-order valence-electron chi connectivity index (χ1n) is 5.27. The van der Waals surface area contributed by atoms with Gasteiger partial charge < -0.3 is 15.2 Å². The van der Waals surface area contributed by atoms with E-state index in [0.29, 0.717) is 12.8 Å². The summed E-state index contributed by atoms with van der Waals surface area (Å²) in [6, 6.07) is -1.01. The molecule has 0 radical (unpaired) electrons. The minimum absolute atomic E-state index is 0.0159. The Morgan fingerprint density at radius 3 is 2.53 bits per heavy atom. The van der Waals surface area contributed by atoms with Gasteiger partial charge in [-0.2, -0.15) is 0 Å². The number of carbonyl (C=O) groups excluding carboxylic acids is 2. The molecule has 0 aromatic carbocycles. The van der Waals surface area contributed by atoms with E-state index in [-0.39, 0.29) is 12.2 Å². The van der Waals surface area contributed by atoms with Crippen LogP contribution in [0.3, 0.4) is 0 Å². The summed E-state index contributed by atoms with van der Waals surface area (Å²) in [5, 5.41) is 11.0. The molecule has 0 aliphatic carbocycles. The number of rotatable bonds is 7. The Balaban J connectivity index is 4.10. The summed E-state index contributed by atoms with van der Waals surface area (Å²) < 4.78 is 4.31. The first-order chi connectivity index (χ1) is 8.01. The predicted octanol–water partition coefficient (Wildman–Crippen LogP) is 1.11. The highest BCUT2D eigenvalue weighted by Gasteiger charge is 2.18. The highest BCUT2D eigenvalue weighted by molar-refractivity contribution is 5.89. The largest absolute Gasteiger partial charge is 0.480 e. The molecular weight excluding hydrogens is 226 g/mol. The third-order valence-electron chi connectivity index (χ3n) is 2.05. The number of carbonyl (C=O) groups is 3. The molecule has 0 rings (SSSR count). The molecule has 0 aliphatic rings. The minimum Gasteiger partial charge on any atom is -0.480 e. The fourth-order valence-electron chi connectivity index (χ4n) is 1.05. The highest BCUT2D eigenvalue weighted by Crippen LogP contribution is 2.00. The number of ether oxygens (including phenoxy) is 1. The van der Waals surface area contributed by atoms with E-state index in [4.69, 9.17) is 5.11 Å². The molecule has 6 heteroatoms. The van der Waals surface area contributed by atoms with Crippen LogP contribution in [0.25, 0.3) is 0 Å². The molecule has 17 heavy (non-hydrogen) atoms. The van der Waals surface area contributed by atoms with E-state index in [1.807, 2.05) is 0 Å². The Labute approximate surface area is 99.6 Å². The van der Waals surface area contributed by atoms with Crippen LogP contribution in [-0.4, -0.2) is 36.1 Å². The van der Waals surface area contributed by atoms with Crippen LogP contribution in [0.2, 0.25) is 0 Å². The lowest BCUT2D eigenvalue weighted by atomic mass is 10.1. The molecule has 2 N–H and O–H groups in total. The Hall–Kier alpha value is -1.85. The number of allylic oxidation sites excluding steroid dienone is 2. The van der Waals surface area contributed by atoms with Crippen molar-refractivity contribution < 1.29 is 24.2 Å². The quantitative estimate of drug-likeness (QED) is 0.653. The van der Waals surface area contributed by atoms with Gasteiger partial charge in [0.1, 0.15) is 6.04 Å². The fourth-order valence-corrected chi connectivity index (χ4v) is 1.05. The zero-order valence-electron chi connectivity index (χ0n) is 9.93. The van der Waals surface area contributed by atoms with Gasteiger partial charge in [0, 0.05) is 6.42 Å². The van der Waals surface area contributed by atoms with Crippen LogP contribution in [0.1, 0.15) is 26.2 Å². The molecule has 1 atom stereocenters. The van der Waals surface area contributed by atoms with Gasteiger partial charge in [-0.3, -0.25) is 4.79 Å². The standard InChI is InChI=1S/C11H17NO5/c1-3-8(13)6-4-5-7-9(10(14)15)12-11(16)17-2/h4,6,9H,3,5,7H2,1-2H3,(H,12,16)(H,14,15)/b6-4+/t9-/m0/s1. The molecule has 0 heterocycles. The molecule has 0 bridgehead atoms. The summed E-state index contributed by atoms with van der Waals surface area (Å²) in [5.41, 5.74) is 0. The van der Waals surface area contributed by atoms with Crippen molar-refractivity contribution in [3.8, 4) is 0 Å². The number of alkyl carbamates (subject to hydrolysis) is 1. The highest BCUT2D eigenvalue weighted by atomic mass is 16.5. The average molecular weight is 243 g/mol. The van der Waals surface area contributed by atoms with Crippen molar-refractivity contribution >= 4 is 17.8 Å². The van der Waals surface area contributed by atoms with Gasteiger partial charge in [0.2, 0.25) is 0 Å². The van der Waals surface area contributed by atoms with Crippen LogP contribution in [-0.2, 0) is 14.3 Å². The summed E-state index contributed by atoms with van der Waals surface area (Å²) in [5.74, 6) is -1.15. The lowest BCUT2D eigenvalue weighted by Crippen LogP contribution is -2.40. The average Bonchev–Trinajstić information content (AvgIpc) is 2.31. The number of carboxylic acid groups (broad SMARTS) is 1. The van der Waals surface area contributed by atoms with Crippen LogP contribution in [0.15, 0.2) is 12.2 Å². The van der Waals surface area contributed by atoms with Gasteiger partial charge in [-0.25, -0.2) is 9.59 Å². The van der Waals surface area contributed by atoms with E-state index in [1.165, 1.54) is 6.08 Å². The maximum atomic E-state index is 10.9. The van der Waals surface area contributed by atoms with Crippen LogP contribution in [0.5, 0.6) is 0 Å². The van der Waals surface area contributed by atoms with Crippen LogP contribution >= 0.6 is 0 Å². The molecule has 6 nitrogen and oxygen atoms in total. The summed E-state index contributed by atoms with van der Waals surface area (Å²) in [7, 11) is 1.16. The van der Waals surface area contributed by atoms with Crippen LogP contribution in [0.4, 0.5) is 4.79 Å². The van der Waals surface area contributed by atoms with E-state index in [0.717, 1.165) is 7.11 Å². The third-order valence-corrected chi connectivity index (χ3v) is 2.05. The molecule has 0 saturated carbocycles. The topological polar surface area (TPSA) is 92.7 Å². The van der Waals surface area contributed by atoms with E-state index >= 15 is 0 Å². The first kappa shape index (κ1) is 15.2. The van der Waals surface area contributed by atoms with Gasteiger partial charge in [-0.05, 0) is 18.9 Å². The second-order valence-electron chi connectivity index (χ2n) is 3.33. The number of carboxylic acids is 1. The molecule has 0 aromatic rings. The van der Waals surface area contributed by atoms with Crippen molar-refractivity contribution in [2.24, 2.45) is 0 Å². The number of hydrogen-bond acceptors (Lipinski definition) is 4. The molecule has 0 spiro atoms. The molecule has 0 unspecified atom stereocenters. The summed E-state index contributed by atoms with van der Waals surface area (Å²) in [4.78, 5) is 32.5.